The molecule has 0 bridgehead atoms. The molecule has 2 rings (SSSR count). The molecular formula is C22H38N2O3S2. The number of rotatable bonds is 5. The molecule has 1 unspecified atom stereocenters. The van der Waals surface area contributed by atoms with E-state index < -0.39 is 17.0 Å². The fourth-order valence-electron chi connectivity index (χ4n) is 3.57. The highest BCUT2D eigenvalue weighted by molar-refractivity contribution is 7.90. The Morgan fingerprint density at radius 3 is 2.62 bits per heavy atom. The van der Waals surface area contributed by atoms with Crippen LogP contribution in [0.15, 0.2) is 5.51 Å². The van der Waals surface area contributed by atoms with Crippen molar-refractivity contribution in [3.63, 3.8) is 0 Å². The molecule has 7 heteroatoms. The minimum atomic E-state index is -1.13. The van der Waals surface area contributed by atoms with Gasteiger partial charge in [0.2, 0.25) is 0 Å². The number of esters is 1. The van der Waals surface area contributed by atoms with Crippen molar-refractivity contribution < 1.29 is 14.1 Å². The third-order valence-electron chi connectivity index (χ3n) is 5.11. The monoisotopic (exact) mass is 442 g/mol. The minimum Gasteiger partial charge on any atom is -0.598 e. The van der Waals surface area contributed by atoms with Crippen LogP contribution in [0.25, 0.3) is 0 Å². The Kier molecular flexibility index (Phi) is 9.01. The summed E-state index contributed by atoms with van der Waals surface area (Å²) < 4.78 is 21.3. The average molecular weight is 443 g/mol. The van der Waals surface area contributed by atoms with Gasteiger partial charge in [-0.1, -0.05) is 12.8 Å². The molecule has 3 atom stereocenters. The second kappa shape index (κ2) is 10.6. The lowest BCUT2D eigenvalue weighted by Crippen LogP contribution is -2.41. The first-order chi connectivity index (χ1) is 13.5. The molecule has 5 nitrogen and oxygen atoms in total. The van der Waals surface area contributed by atoms with Crippen LogP contribution < -0.4 is 4.72 Å². The average Bonchev–Trinajstić information content (AvgIpc) is 3.04. The summed E-state index contributed by atoms with van der Waals surface area (Å²) in [5.74, 6) is 0.382. The zero-order chi connectivity index (χ0) is 21.7. The van der Waals surface area contributed by atoms with Crippen LogP contribution in [0, 0.1) is 5.92 Å². The lowest BCUT2D eigenvalue weighted by atomic mass is 9.88. The summed E-state index contributed by atoms with van der Waals surface area (Å²) in [4.78, 5) is 18.0. The smallest absolute Gasteiger partial charge is 0.306 e. The predicted octanol–water partition coefficient (Wildman–Crippen LogP) is 5.48. The van der Waals surface area contributed by atoms with Crippen LogP contribution in [0.3, 0.4) is 0 Å². The van der Waals surface area contributed by atoms with Crippen LogP contribution in [0.5, 0.6) is 0 Å². The van der Waals surface area contributed by atoms with Crippen LogP contribution in [-0.2, 0) is 27.3 Å². The van der Waals surface area contributed by atoms with Gasteiger partial charge in [0.25, 0.3) is 0 Å². The summed E-state index contributed by atoms with van der Waals surface area (Å²) in [6.45, 7) is 11.7. The van der Waals surface area contributed by atoms with E-state index in [-0.39, 0.29) is 16.8 Å². The highest BCUT2D eigenvalue weighted by atomic mass is 32.2. The molecule has 0 amide bonds. The van der Waals surface area contributed by atoms with E-state index in [1.807, 2.05) is 47.1 Å². The number of hydrogen-bond donors (Lipinski definition) is 1. The molecule has 0 aromatic carbocycles. The molecule has 0 aliphatic heterocycles. The summed E-state index contributed by atoms with van der Waals surface area (Å²) in [6.07, 6.45) is 7.61. The molecule has 0 saturated carbocycles. The lowest BCUT2D eigenvalue weighted by Gasteiger charge is -2.29. The normalized spacial score (nSPS) is 22.6. The number of ether oxygens (including phenoxy) is 1. The van der Waals surface area contributed by atoms with Crippen molar-refractivity contribution in [2.75, 3.05) is 0 Å². The number of hydrogen-bond acceptors (Lipinski definition) is 6. The maximum Gasteiger partial charge on any atom is 0.306 e. The molecule has 1 aliphatic rings. The SMILES string of the molecule is CC(C)(C)OC(=O)CCC1CCCCc2ncsc2[C@@H](N[S@+]([O-])C(C)(C)C)CC1. The van der Waals surface area contributed by atoms with Gasteiger partial charge in [0.05, 0.1) is 17.2 Å². The summed E-state index contributed by atoms with van der Waals surface area (Å²) in [6, 6.07) is 0.0553. The standard InChI is InChI=1S/C22H38N2O3S2/c1-21(2,3)27-19(25)14-12-16-9-7-8-10-17-20(28-15-23-17)18(13-11-16)24-29(26)22(4,5)6/h15-16,18,24H,7-14H2,1-6H3/t16?,18-,29+/m0/s1. The first kappa shape index (κ1) is 24.6. The molecule has 1 aromatic rings. The zero-order valence-electron chi connectivity index (χ0n) is 18.9. The molecule has 1 aliphatic carbocycles. The van der Waals surface area contributed by atoms with Gasteiger partial charge in [-0.3, -0.25) is 4.79 Å². The molecule has 0 fully saturated rings. The quantitative estimate of drug-likeness (QED) is 0.483. The van der Waals surface area contributed by atoms with Crippen molar-refractivity contribution >= 4 is 28.7 Å². The minimum absolute atomic E-state index is 0.0553. The van der Waals surface area contributed by atoms with Crippen molar-refractivity contribution in [1.29, 1.82) is 0 Å². The van der Waals surface area contributed by atoms with Gasteiger partial charge in [0, 0.05) is 22.7 Å². The van der Waals surface area contributed by atoms with Gasteiger partial charge in [0.1, 0.15) is 10.3 Å². The van der Waals surface area contributed by atoms with Gasteiger partial charge in [-0.2, -0.15) is 0 Å². The molecule has 166 valence electrons. The molecule has 29 heavy (non-hydrogen) atoms. The van der Waals surface area contributed by atoms with E-state index in [2.05, 4.69) is 9.71 Å². The molecule has 0 spiro atoms. The van der Waals surface area contributed by atoms with Gasteiger partial charge in [-0.05, 0) is 79.6 Å². The fraction of sp³-hybridized carbons (Fsp3) is 0.818. The van der Waals surface area contributed by atoms with E-state index in [9.17, 15) is 9.35 Å². The van der Waals surface area contributed by atoms with Crippen molar-refractivity contribution in [2.45, 2.75) is 109 Å². The van der Waals surface area contributed by atoms with Crippen molar-refractivity contribution in [2.24, 2.45) is 5.92 Å². The van der Waals surface area contributed by atoms with Gasteiger partial charge in [0.15, 0.2) is 0 Å². The molecule has 1 aromatic heterocycles. The molecule has 0 radical (unpaired) electrons. The Bertz CT molecular complexity index is 649. The Labute approximate surface area is 183 Å². The van der Waals surface area contributed by atoms with E-state index in [1.54, 1.807) is 11.3 Å². The summed E-state index contributed by atoms with van der Waals surface area (Å²) in [5.41, 5.74) is 2.64. The van der Waals surface area contributed by atoms with Crippen molar-refractivity contribution in [1.82, 2.24) is 9.71 Å². The van der Waals surface area contributed by atoms with Gasteiger partial charge in [-0.25, -0.2) is 4.98 Å². The topological polar surface area (TPSA) is 74.3 Å². The summed E-state index contributed by atoms with van der Waals surface area (Å²) in [5, 5.41) is 0. The number of carbonyl (C=O) groups is 1. The number of fused-ring (bicyclic) bond motifs is 1. The van der Waals surface area contributed by atoms with Crippen molar-refractivity contribution in [3.05, 3.63) is 16.1 Å². The second-order valence-electron chi connectivity index (χ2n) is 10.0. The number of aromatic nitrogens is 1. The summed E-state index contributed by atoms with van der Waals surface area (Å²) >= 11 is 0.540. The maximum atomic E-state index is 12.8. The Balaban J connectivity index is 2.04. The first-order valence-electron chi connectivity index (χ1n) is 10.8. The molecule has 1 heterocycles. The number of nitrogens with zero attached hydrogens (tertiary/aromatic N) is 1. The van der Waals surface area contributed by atoms with Crippen LogP contribution in [0.1, 0.15) is 103 Å². The van der Waals surface area contributed by atoms with Crippen molar-refractivity contribution in [3.8, 4) is 0 Å². The van der Waals surface area contributed by atoms with E-state index in [0.29, 0.717) is 12.3 Å². The van der Waals surface area contributed by atoms with Gasteiger partial charge >= 0.3 is 5.97 Å². The molecular weight excluding hydrogens is 404 g/mol. The second-order valence-corrected chi connectivity index (χ2v) is 12.9. The van der Waals surface area contributed by atoms with Crippen LogP contribution in [-0.4, -0.2) is 25.9 Å². The largest absolute Gasteiger partial charge is 0.598 e. The van der Waals surface area contributed by atoms with E-state index in [1.165, 1.54) is 4.88 Å². The lowest BCUT2D eigenvalue weighted by molar-refractivity contribution is -0.155. The van der Waals surface area contributed by atoms with E-state index in [0.717, 1.165) is 50.6 Å². The highest BCUT2D eigenvalue weighted by Gasteiger charge is 2.32. The fourth-order valence-corrected chi connectivity index (χ4v) is 5.42. The Morgan fingerprint density at radius 2 is 1.97 bits per heavy atom. The van der Waals surface area contributed by atoms with Crippen LogP contribution in [0.4, 0.5) is 0 Å². The van der Waals surface area contributed by atoms with Gasteiger partial charge in [-0.15, -0.1) is 16.1 Å². The Hall–Kier alpha value is -0.630. The third kappa shape index (κ3) is 8.56. The first-order valence-corrected chi connectivity index (χ1v) is 12.8. The van der Waals surface area contributed by atoms with Crippen LogP contribution >= 0.6 is 11.3 Å². The Morgan fingerprint density at radius 1 is 1.24 bits per heavy atom. The molecule has 0 saturated heterocycles. The number of nitrogens with one attached hydrogen (secondary N) is 1. The van der Waals surface area contributed by atoms with E-state index in [4.69, 9.17) is 4.74 Å². The van der Waals surface area contributed by atoms with Gasteiger partial charge < -0.3 is 9.29 Å². The number of carbonyl (C=O) groups excluding carboxylic acids is 1. The third-order valence-corrected chi connectivity index (χ3v) is 7.71. The number of thiazole rings is 1. The highest BCUT2D eigenvalue weighted by Crippen LogP contribution is 2.34. The summed E-state index contributed by atoms with van der Waals surface area (Å²) in [7, 11) is 0. The molecule has 1 N–H and O–H groups in total. The zero-order valence-corrected chi connectivity index (χ0v) is 20.5. The predicted molar refractivity (Wildman–Crippen MR) is 121 cm³/mol. The van der Waals surface area contributed by atoms with E-state index >= 15 is 0 Å². The van der Waals surface area contributed by atoms with Crippen LogP contribution in [0.2, 0.25) is 0 Å². The number of aryl methyl sites for hydroxylation is 1. The maximum absolute atomic E-state index is 12.8.